The third kappa shape index (κ3) is 2.34. The first kappa shape index (κ1) is 12.2. The predicted molar refractivity (Wildman–Crippen MR) is 70.1 cm³/mol. The minimum atomic E-state index is 0.747. The van der Waals surface area contributed by atoms with Crippen molar-refractivity contribution in [2.75, 3.05) is 26.6 Å². The Kier molecular flexibility index (Phi) is 3.62. The van der Waals surface area contributed by atoms with Crippen molar-refractivity contribution in [1.29, 1.82) is 0 Å². The fraction of sp³-hybridized carbons (Fsp3) is 0.231. The fourth-order valence-corrected chi connectivity index (χ4v) is 1.66. The SMILES string of the molecule is CNc1cc(-c2cc(OC)ccc2OC)ncn1. The highest BCUT2D eigenvalue weighted by Gasteiger charge is 2.09. The molecular weight excluding hydrogens is 230 g/mol. The van der Waals surface area contributed by atoms with E-state index in [4.69, 9.17) is 9.47 Å². The Balaban J connectivity index is 2.53. The summed E-state index contributed by atoms with van der Waals surface area (Å²) in [5.41, 5.74) is 1.65. The van der Waals surface area contributed by atoms with Crippen LogP contribution in [0.3, 0.4) is 0 Å². The number of methoxy groups -OCH3 is 2. The molecule has 0 bridgehead atoms. The second kappa shape index (κ2) is 5.35. The highest BCUT2D eigenvalue weighted by Crippen LogP contribution is 2.32. The summed E-state index contributed by atoms with van der Waals surface area (Å²) in [5, 5.41) is 2.98. The van der Waals surface area contributed by atoms with Crippen LogP contribution in [0.5, 0.6) is 11.5 Å². The van der Waals surface area contributed by atoms with Crippen LogP contribution >= 0.6 is 0 Å². The number of anilines is 1. The van der Waals surface area contributed by atoms with Crippen molar-refractivity contribution in [3.63, 3.8) is 0 Å². The van der Waals surface area contributed by atoms with Crippen molar-refractivity contribution in [2.24, 2.45) is 0 Å². The summed E-state index contributed by atoms with van der Waals surface area (Å²) in [6.07, 6.45) is 1.51. The van der Waals surface area contributed by atoms with E-state index >= 15 is 0 Å². The zero-order valence-corrected chi connectivity index (χ0v) is 10.6. The minimum Gasteiger partial charge on any atom is -0.497 e. The first-order chi connectivity index (χ1) is 8.78. The van der Waals surface area contributed by atoms with E-state index in [0.29, 0.717) is 0 Å². The van der Waals surface area contributed by atoms with Gasteiger partial charge in [0.25, 0.3) is 0 Å². The predicted octanol–water partition coefficient (Wildman–Crippen LogP) is 2.20. The van der Waals surface area contributed by atoms with Gasteiger partial charge in [-0.15, -0.1) is 0 Å². The van der Waals surface area contributed by atoms with Crippen molar-refractivity contribution < 1.29 is 9.47 Å². The van der Waals surface area contributed by atoms with Crippen molar-refractivity contribution >= 4 is 5.82 Å². The summed E-state index contributed by atoms with van der Waals surface area (Å²) in [4.78, 5) is 8.34. The maximum atomic E-state index is 5.34. The van der Waals surface area contributed by atoms with Crippen molar-refractivity contribution in [3.05, 3.63) is 30.6 Å². The van der Waals surface area contributed by atoms with Gasteiger partial charge in [0.2, 0.25) is 0 Å². The molecule has 0 unspecified atom stereocenters. The summed E-state index contributed by atoms with van der Waals surface area (Å²) in [6.45, 7) is 0. The lowest BCUT2D eigenvalue weighted by molar-refractivity contribution is 0.404. The molecule has 0 aliphatic carbocycles. The third-order valence-electron chi connectivity index (χ3n) is 2.61. The molecule has 1 aromatic carbocycles. The summed E-state index contributed by atoms with van der Waals surface area (Å²) in [6, 6.07) is 7.45. The molecule has 2 aromatic rings. The molecule has 18 heavy (non-hydrogen) atoms. The molecule has 0 fully saturated rings. The standard InChI is InChI=1S/C13H15N3O2/c1-14-13-7-11(15-8-16-13)10-6-9(17-2)4-5-12(10)18-3/h4-8H,1-3H3,(H,14,15,16). The molecule has 0 spiro atoms. The van der Waals surface area contributed by atoms with Gasteiger partial charge in [-0.25, -0.2) is 9.97 Å². The van der Waals surface area contributed by atoms with Crippen molar-refractivity contribution in [1.82, 2.24) is 9.97 Å². The van der Waals surface area contributed by atoms with E-state index in [-0.39, 0.29) is 0 Å². The van der Waals surface area contributed by atoms with E-state index in [1.54, 1.807) is 14.2 Å². The summed E-state index contributed by atoms with van der Waals surface area (Å²) < 4.78 is 10.6. The number of nitrogens with zero attached hydrogens (tertiary/aromatic N) is 2. The van der Waals surface area contributed by atoms with E-state index in [9.17, 15) is 0 Å². The van der Waals surface area contributed by atoms with Crippen LogP contribution < -0.4 is 14.8 Å². The van der Waals surface area contributed by atoms with Crippen LogP contribution in [0.15, 0.2) is 30.6 Å². The summed E-state index contributed by atoms with van der Waals surface area (Å²) in [5.74, 6) is 2.26. The molecule has 0 saturated carbocycles. The molecule has 5 nitrogen and oxygen atoms in total. The number of rotatable bonds is 4. The molecule has 0 radical (unpaired) electrons. The smallest absolute Gasteiger partial charge is 0.129 e. The van der Waals surface area contributed by atoms with Gasteiger partial charge >= 0.3 is 0 Å². The number of ether oxygens (including phenoxy) is 2. The van der Waals surface area contributed by atoms with Gasteiger partial charge in [-0.1, -0.05) is 0 Å². The van der Waals surface area contributed by atoms with Crippen LogP contribution in [0, 0.1) is 0 Å². The van der Waals surface area contributed by atoms with Crippen LogP contribution in [0.1, 0.15) is 0 Å². The Hall–Kier alpha value is -2.30. The number of benzene rings is 1. The zero-order chi connectivity index (χ0) is 13.0. The molecule has 0 saturated heterocycles. The van der Waals surface area contributed by atoms with Crippen LogP contribution in [0.4, 0.5) is 5.82 Å². The monoisotopic (exact) mass is 245 g/mol. The van der Waals surface area contributed by atoms with Crippen LogP contribution in [-0.4, -0.2) is 31.2 Å². The lowest BCUT2D eigenvalue weighted by Crippen LogP contribution is -1.96. The van der Waals surface area contributed by atoms with Gasteiger partial charge in [0.05, 0.1) is 19.9 Å². The topological polar surface area (TPSA) is 56.3 Å². The first-order valence-corrected chi connectivity index (χ1v) is 5.50. The van der Waals surface area contributed by atoms with Crippen LogP contribution in [0.2, 0.25) is 0 Å². The van der Waals surface area contributed by atoms with E-state index < -0.39 is 0 Å². The van der Waals surface area contributed by atoms with E-state index in [0.717, 1.165) is 28.6 Å². The van der Waals surface area contributed by atoms with Gasteiger partial charge in [0.1, 0.15) is 23.6 Å². The Morgan fingerprint density at radius 2 is 1.89 bits per heavy atom. The van der Waals surface area contributed by atoms with Crippen molar-refractivity contribution in [2.45, 2.75) is 0 Å². The summed E-state index contributed by atoms with van der Waals surface area (Å²) >= 11 is 0. The van der Waals surface area contributed by atoms with Gasteiger partial charge in [-0.05, 0) is 18.2 Å². The Labute approximate surface area is 106 Å². The molecule has 94 valence electrons. The van der Waals surface area contributed by atoms with Gasteiger partial charge in [-0.2, -0.15) is 0 Å². The lowest BCUT2D eigenvalue weighted by atomic mass is 10.1. The van der Waals surface area contributed by atoms with Gasteiger partial charge in [0.15, 0.2) is 0 Å². The highest BCUT2D eigenvalue weighted by atomic mass is 16.5. The maximum Gasteiger partial charge on any atom is 0.129 e. The average Bonchev–Trinajstić information content (AvgIpc) is 2.46. The molecule has 0 amide bonds. The number of hydrogen-bond acceptors (Lipinski definition) is 5. The largest absolute Gasteiger partial charge is 0.497 e. The summed E-state index contributed by atoms with van der Waals surface area (Å²) in [7, 11) is 5.07. The molecule has 1 aromatic heterocycles. The highest BCUT2D eigenvalue weighted by molar-refractivity contribution is 5.70. The fourth-order valence-electron chi connectivity index (χ4n) is 1.66. The molecule has 0 aliphatic heterocycles. The normalized spacial score (nSPS) is 9.94. The van der Waals surface area contributed by atoms with Crippen molar-refractivity contribution in [3.8, 4) is 22.8 Å². The van der Waals surface area contributed by atoms with Gasteiger partial charge in [0, 0.05) is 18.7 Å². The number of hydrogen-bond donors (Lipinski definition) is 1. The van der Waals surface area contributed by atoms with Crippen LogP contribution in [0.25, 0.3) is 11.3 Å². The van der Waals surface area contributed by atoms with Gasteiger partial charge in [-0.3, -0.25) is 0 Å². The Bertz CT molecular complexity index is 544. The second-order valence-corrected chi connectivity index (χ2v) is 3.60. The molecule has 2 rings (SSSR count). The number of aromatic nitrogens is 2. The molecule has 1 heterocycles. The van der Waals surface area contributed by atoms with Crippen LogP contribution in [-0.2, 0) is 0 Å². The van der Waals surface area contributed by atoms with Gasteiger partial charge < -0.3 is 14.8 Å². The van der Waals surface area contributed by atoms with E-state index in [1.165, 1.54) is 6.33 Å². The average molecular weight is 245 g/mol. The van der Waals surface area contributed by atoms with E-state index in [1.807, 2.05) is 31.3 Å². The maximum absolute atomic E-state index is 5.34. The molecular formula is C13H15N3O2. The third-order valence-corrected chi connectivity index (χ3v) is 2.61. The van der Waals surface area contributed by atoms with E-state index in [2.05, 4.69) is 15.3 Å². The number of nitrogens with one attached hydrogen (secondary N) is 1. The zero-order valence-electron chi connectivity index (χ0n) is 10.6. The Morgan fingerprint density at radius 3 is 2.56 bits per heavy atom. The molecule has 0 aliphatic rings. The quantitative estimate of drug-likeness (QED) is 0.895. The second-order valence-electron chi connectivity index (χ2n) is 3.60. The Morgan fingerprint density at radius 1 is 1.06 bits per heavy atom. The minimum absolute atomic E-state index is 0.747. The molecule has 5 heteroatoms. The molecule has 1 N–H and O–H groups in total. The molecule has 0 atom stereocenters. The lowest BCUT2D eigenvalue weighted by Gasteiger charge is -2.10. The first-order valence-electron chi connectivity index (χ1n) is 5.50.